The summed E-state index contributed by atoms with van der Waals surface area (Å²) >= 11 is 7.70. The Balaban J connectivity index is 1.59. The molecule has 0 aliphatic carbocycles. The van der Waals surface area contributed by atoms with Crippen LogP contribution in [0.4, 0.5) is 5.82 Å². The zero-order valence-electron chi connectivity index (χ0n) is 17.9. The number of anilines is 1. The third kappa shape index (κ3) is 4.69. The number of halogens is 1. The van der Waals surface area contributed by atoms with E-state index < -0.39 is 0 Å². The monoisotopic (exact) mass is 469 g/mol. The van der Waals surface area contributed by atoms with Gasteiger partial charge >= 0.3 is 0 Å². The second-order valence-electron chi connectivity index (χ2n) is 7.62. The minimum absolute atomic E-state index is 0.116. The summed E-state index contributed by atoms with van der Waals surface area (Å²) in [7, 11) is 1.83. The molecule has 2 heterocycles. The number of aromatic nitrogens is 2. The zero-order valence-corrected chi connectivity index (χ0v) is 19.5. The van der Waals surface area contributed by atoms with E-state index in [0.29, 0.717) is 33.9 Å². The van der Waals surface area contributed by atoms with Gasteiger partial charge in [0.05, 0.1) is 5.56 Å². The van der Waals surface area contributed by atoms with E-state index in [2.05, 4.69) is 17.2 Å². The van der Waals surface area contributed by atoms with Gasteiger partial charge in [0.2, 0.25) is 5.91 Å². The Kier molecular flexibility index (Phi) is 6.86. The Bertz CT molecular complexity index is 1190. The highest BCUT2D eigenvalue weighted by atomic mass is 35.5. The standard InChI is InChI=1S/C24H24ClN3O3S/c1-3-12-32-24-27-23(30)21-18(13-20(29)26-22(21)28(24)2)15-8-10-17(11-9-15)31-14-16-6-4-5-7-19(16)25/h4-11,18H,3,12-14H2,1-2H3,(H,26,29). The lowest BCUT2D eigenvalue weighted by atomic mass is 9.87. The number of amides is 1. The molecule has 0 fully saturated rings. The molecule has 0 radical (unpaired) electrons. The van der Waals surface area contributed by atoms with Crippen molar-refractivity contribution in [2.75, 3.05) is 11.1 Å². The van der Waals surface area contributed by atoms with Gasteiger partial charge in [-0.2, -0.15) is 4.98 Å². The van der Waals surface area contributed by atoms with E-state index >= 15 is 0 Å². The maximum Gasteiger partial charge on any atom is 0.279 e. The van der Waals surface area contributed by atoms with Gasteiger partial charge in [0.25, 0.3) is 5.56 Å². The lowest BCUT2D eigenvalue weighted by Gasteiger charge is -2.27. The molecule has 0 saturated carbocycles. The van der Waals surface area contributed by atoms with E-state index in [4.69, 9.17) is 16.3 Å². The smallest absolute Gasteiger partial charge is 0.279 e. The average Bonchev–Trinajstić information content (AvgIpc) is 2.79. The van der Waals surface area contributed by atoms with E-state index in [9.17, 15) is 9.59 Å². The minimum atomic E-state index is -0.354. The van der Waals surface area contributed by atoms with Crippen molar-refractivity contribution in [1.29, 1.82) is 0 Å². The zero-order chi connectivity index (χ0) is 22.7. The number of hydrogen-bond donors (Lipinski definition) is 1. The molecule has 4 rings (SSSR count). The number of nitrogens with zero attached hydrogens (tertiary/aromatic N) is 2. The van der Waals surface area contributed by atoms with Crippen molar-refractivity contribution < 1.29 is 9.53 Å². The first kappa shape index (κ1) is 22.4. The first-order valence-corrected chi connectivity index (χ1v) is 11.8. The predicted molar refractivity (Wildman–Crippen MR) is 128 cm³/mol. The van der Waals surface area contributed by atoms with Gasteiger partial charge in [-0.05, 0) is 30.2 Å². The topological polar surface area (TPSA) is 73.2 Å². The molecule has 0 saturated heterocycles. The molecule has 1 aromatic heterocycles. The van der Waals surface area contributed by atoms with Crippen molar-refractivity contribution in [3.05, 3.63) is 80.6 Å². The van der Waals surface area contributed by atoms with Crippen molar-refractivity contribution in [2.45, 2.75) is 37.4 Å². The Hall–Kier alpha value is -2.77. The molecular formula is C24H24ClN3O3S. The SMILES string of the molecule is CCCSc1nc(=O)c2c(n1C)NC(=O)CC2c1ccc(OCc2ccccc2Cl)cc1. The summed E-state index contributed by atoms with van der Waals surface area (Å²) in [6.07, 6.45) is 1.17. The van der Waals surface area contributed by atoms with Crippen LogP contribution in [0.5, 0.6) is 5.75 Å². The van der Waals surface area contributed by atoms with Gasteiger partial charge in [-0.3, -0.25) is 9.59 Å². The summed E-state index contributed by atoms with van der Waals surface area (Å²) in [5.41, 5.74) is 2.01. The maximum atomic E-state index is 12.9. The lowest BCUT2D eigenvalue weighted by molar-refractivity contribution is -0.116. The number of carbonyl (C=O) groups is 1. The third-order valence-corrected chi connectivity index (χ3v) is 6.98. The van der Waals surface area contributed by atoms with Crippen LogP contribution in [0.3, 0.4) is 0 Å². The highest BCUT2D eigenvalue weighted by Gasteiger charge is 2.32. The Morgan fingerprint density at radius 1 is 1.19 bits per heavy atom. The molecule has 0 spiro atoms. The summed E-state index contributed by atoms with van der Waals surface area (Å²) in [5, 5.41) is 4.15. The largest absolute Gasteiger partial charge is 0.489 e. The van der Waals surface area contributed by atoms with Crippen LogP contribution in [-0.2, 0) is 18.4 Å². The van der Waals surface area contributed by atoms with Gasteiger partial charge in [0.15, 0.2) is 5.16 Å². The Labute approximate surface area is 196 Å². The van der Waals surface area contributed by atoms with E-state index in [1.165, 1.54) is 11.8 Å². The number of rotatable bonds is 7. The van der Waals surface area contributed by atoms with Crippen LogP contribution in [0.2, 0.25) is 5.02 Å². The van der Waals surface area contributed by atoms with Crippen LogP contribution >= 0.6 is 23.4 Å². The van der Waals surface area contributed by atoms with Gasteiger partial charge in [-0.1, -0.05) is 60.6 Å². The summed E-state index contributed by atoms with van der Waals surface area (Å²) in [6, 6.07) is 15.0. The normalized spacial score (nSPS) is 15.2. The third-order valence-electron chi connectivity index (χ3n) is 5.37. The quantitative estimate of drug-likeness (QED) is 0.390. The first-order valence-electron chi connectivity index (χ1n) is 10.5. The summed E-state index contributed by atoms with van der Waals surface area (Å²) in [6.45, 7) is 2.43. The predicted octanol–water partition coefficient (Wildman–Crippen LogP) is 4.99. The van der Waals surface area contributed by atoms with Crippen LogP contribution in [0, 0.1) is 0 Å². The van der Waals surface area contributed by atoms with E-state index in [1.807, 2.05) is 60.1 Å². The van der Waals surface area contributed by atoms with Crippen molar-refractivity contribution in [3.8, 4) is 5.75 Å². The molecule has 1 unspecified atom stereocenters. The molecule has 1 amide bonds. The fraction of sp³-hybridized carbons (Fsp3) is 0.292. The number of fused-ring (bicyclic) bond motifs is 1. The number of ether oxygens (including phenoxy) is 1. The molecule has 1 atom stereocenters. The molecule has 32 heavy (non-hydrogen) atoms. The van der Waals surface area contributed by atoms with Crippen molar-refractivity contribution in [3.63, 3.8) is 0 Å². The second-order valence-corrected chi connectivity index (χ2v) is 9.09. The lowest BCUT2D eigenvalue weighted by Crippen LogP contribution is -2.33. The van der Waals surface area contributed by atoms with Crippen LogP contribution < -0.4 is 15.6 Å². The van der Waals surface area contributed by atoms with Gasteiger partial charge in [-0.25, -0.2) is 0 Å². The van der Waals surface area contributed by atoms with Gasteiger partial charge in [0, 0.05) is 35.7 Å². The molecule has 2 aromatic carbocycles. The molecule has 166 valence electrons. The highest BCUT2D eigenvalue weighted by molar-refractivity contribution is 7.99. The fourth-order valence-corrected chi connectivity index (χ4v) is 4.72. The summed E-state index contributed by atoms with van der Waals surface area (Å²) in [5.74, 6) is 1.60. The minimum Gasteiger partial charge on any atom is -0.489 e. The van der Waals surface area contributed by atoms with Crippen LogP contribution in [0.25, 0.3) is 0 Å². The van der Waals surface area contributed by atoms with E-state index in [1.54, 1.807) is 0 Å². The van der Waals surface area contributed by atoms with Crippen molar-refractivity contribution in [2.24, 2.45) is 7.05 Å². The molecule has 6 nitrogen and oxygen atoms in total. The molecule has 1 aliphatic heterocycles. The van der Waals surface area contributed by atoms with Crippen LogP contribution in [0.1, 0.15) is 42.4 Å². The number of hydrogen-bond acceptors (Lipinski definition) is 5. The number of benzene rings is 2. The van der Waals surface area contributed by atoms with Crippen molar-refractivity contribution in [1.82, 2.24) is 9.55 Å². The molecular weight excluding hydrogens is 446 g/mol. The number of carbonyl (C=O) groups excluding carboxylic acids is 1. The van der Waals surface area contributed by atoms with Gasteiger partial charge in [-0.15, -0.1) is 0 Å². The van der Waals surface area contributed by atoms with Gasteiger partial charge < -0.3 is 14.6 Å². The van der Waals surface area contributed by atoms with Gasteiger partial charge in [0.1, 0.15) is 18.2 Å². The molecule has 1 aliphatic rings. The number of nitrogens with one attached hydrogen (secondary N) is 1. The number of thioether (sulfide) groups is 1. The van der Waals surface area contributed by atoms with Crippen LogP contribution in [-0.4, -0.2) is 21.2 Å². The first-order chi connectivity index (χ1) is 15.5. The summed E-state index contributed by atoms with van der Waals surface area (Å²) < 4.78 is 7.66. The van der Waals surface area contributed by atoms with E-state index in [0.717, 1.165) is 23.3 Å². The van der Waals surface area contributed by atoms with Crippen LogP contribution in [0.15, 0.2) is 58.5 Å². The molecule has 8 heteroatoms. The van der Waals surface area contributed by atoms with Crippen molar-refractivity contribution >= 4 is 35.1 Å². The second kappa shape index (κ2) is 9.79. The highest BCUT2D eigenvalue weighted by Crippen LogP contribution is 2.36. The Morgan fingerprint density at radius 2 is 1.94 bits per heavy atom. The Morgan fingerprint density at radius 3 is 2.66 bits per heavy atom. The van der Waals surface area contributed by atoms with E-state index in [-0.39, 0.29) is 23.8 Å². The maximum absolute atomic E-state index is 12.9. The molecule has 3 aromatic rings. The fourth-order valence-electron chi connectivity index (χ4n) is 3.72. The average molecular weight is 470 g/mol. The summed E-state index contributed by atoms with van der Waals surface area (Å²) in [4.78, 5) is 29.7. The molecule has 0 bridgehead atoms. The molecule has 1 N–H and O–H groups in total.